The second-order valence-electron chi connectivity index (χ2n) is 4.70. The third-order valence-corrected chi connectivity index (χ3v) is 3.04. The zero-order chi connectivity index (χ0) is 15.6. The maximum atomic E-state index is 13.7. The highest BCUT2D eigenvalue weighted by Gasteiger charge is 2.16. The van der Waals surface area contributed by atoms with Crippen LogP contribution >= 0.6 is 0 Å². The van der Waals surface area contributed by atoms with E-state index in [9.17, 15) is 19.3 Å². The highest BCUT2D eigenvalue weighted by molar-refractivity contribution is 6.04. The van der Waals surface area contributed by atoms with Crippen LogP contribution in [0.1, 0.15) is 21.5 Å². The number of nitrogens with zero attached hydrogens (tertiary/aromatic N) is 1. The van der Waals surface area contributed by atoms with Crippen LogP contribution in [-0.4, -0.2) is 10.8 Å². The van der Waals surface area contributed by atoms with E-state index in [4.69, 9.17) is 0 Å². The van der Waals surface area contributed by atoms with Crippen LogP contribution < -0.4 is 5.32 Å². The fourth-order valence-electron chi connectivity index (χ4n) is 1.86. The summed E-state index contributed by atoms with van der Waals surface area (Å²) in [5, 5.41) is 13.3. The van der Waals surface area contributed by atoms with Crippen LogP contribution in [0.15, 0.2) is 36.4 Å². The average Bonchev–Trinajstić information content (AvgIpc) is 2.42. The number of carbonyl (C=O) groups excluding carboxylic acids is 1. The molecular weight excluding hydrogens is 275 g/mol. The lowest BCUT2D eigenvalue weighted by atomic mass is 10.1. The van der Waals surface area contributed by atoms with Gasteiger partial charge in [-0.1, -0.05) is 12.1 Å². The zero-order valence-electron chi connectivity index (χ0n) is 11.5. The van der Waals surface area contributed by atoms with E-state index in [0.29, 0.717) is 5.56 Å². The Morgan fingerprint density at radius 3 is 2.52 bits per heavy atom. The van der Waals surface area contributed by atoms with Gasteiger partial charge in [0.05, 0.1) is 10.6 Å². The normalized spacial score (nSPS) is 10.2. The Bertz CT molecular complexity index is 729. The Hall–Kier alpha value is -2.76. The van der Waals surface area contributed by atoms with Gasteiger partial charge >= 0.3 is 0 Å². The highest BCUT2D eigenvalue weighted by Crippen LogP contribution is 2.21. The van der Waals surface area contributed by atoms with Crippen LogP contribution in [0, 0.1) is 29.8 Å². The number of rotatable bonds is 3. The summed E-state index contributed by atoms with van der Waals surface area (Å²) in [6.45, 7) is 3.32. The Balaban J connectivity index is 2.28. The van der Waals surface area contributed by atoms with E-state index in [1.54, 1.807) is 19.9 Å². The van der Waals surface area contributed by atoms with Gasteiger partial charge in [-0.15, -0.1) is 0 Å². The lowest BCUT2D eigenvalue weighted by Crippen LogP contribution is -2.13. The predicted octanol–water partition coefficient (Wildman–Crippen LogP) is 3.60. The number of halogens is 1. The lowest BCUT2D eigenvalue weighted by Gasteiger charge is -2.07. The van der Waals surface area contributed by atoms with Crippen molar-refractivity contribution in [2.24, 2.45) is 0 Å². The maximum absolute atomic E-state index is 13.7. The van der Waals surface area contributed by atoms with E-state index in [0.717, 1.165) is 5.56 Å². The molecule has 0 saturated carbocycles. The van der Waals surface area contributed by atoms with Gasteiger partial charge in [-0.25, -0.2) is 4.39 Å². The molecule has 2 aromatic carbocycles. The molecule has 1 amide bonds. The second kappa shape index (κ2) is 5.70. The first-order valence-corrected chi connectivity index (χ1v) is 6.21. The summed E-state index contributed by atoms with van der Waals surface area (Å²) in [5.41, 5.74) is 1.18. The number of anilines is 1. The van der Waals surface area contributed by atoms with Crippen LogP contribution in [0.3, 0.4) is 0 Å². The Kier molecular flexibility index (Phi) is 3.98. The van der Waals surface area contributed by atoms with E-state index in [1.807, 2.05) is 0 Å². The van der Waals surface area contributed by atoms with Crippen molar-refractivity contribution >= 4 is 17.3 Å². The third-order valence-electron chi connectivity index (χ3n) is 3.04. The third kappa shape index (κ3) is 3.22. The summed E-state index contributed by atoms with van der Waals surface area (Å²) in [5.74, 6) is -1.15. The molecule has 0 aliphatic heterocycles. The van der Waals surface area contributed by atoms with E-state index in [-0.39, 0.29) is 16.9 Å². The zero-order valence-corrected chi connectivity index (χ0v) is 11.5. The molecule has 0 bridgehead atoms. The molecule has 21 heavy (non-hydrogen) atoms. The van der Waals surface area contributed by atoms with Crippen molar-refractivity contribution in [2.75, 3.05) is 5.32 Å². The average molecular weight is 288 g/mol. The predicted molar refractivity (Wildman–Crippen MR) is 76.9 cm³/mol. The minimum Gasteiger partial charge on any atom is -0.319 e. The van der Waals surface area contributed by atoms with Gasteiger partial charge in [0, 0.05) is 17.2 Å². The summed E-state index contributed by atoms with van der Waals surface area (Å²) in [7, 11) is 0. The number of hydrogen-bond donors (Lipinski definition) is 1. The topological polar surface area (TPSA) is 72.2 Å². The van der Waals surface area contributed by atoms with Gasteiger partial charge in [0.25, 0.3) is 11.6 Å². The fourth-order valence-corrected chi connectivity index (χ4v) is 1.86. The van der Waals surface area contributed by atoms with Crippen molar-refractivity contribution in [2.45, 2.75) is 13.8 Å². The molecule has 5 nitrogen and oxygen atoms in total. The summed E-state index contributed by atoms with van der Waals surface area (Å²) < 4.78 is 13.7. The van der Waals surface area contributed by atoms with Gasteiger partial charge in [0.2, 0.25) is 0 Å². The van der Waals surface area contributed by atoms with Gasteiger partial charge in [0.15, 0.2) is 0 Å². The standard InChI is InChI=1S/C15H13FN2O3/c1-9-3-6-13(12(16)7-9)17-15(19)11-5-4-10(2)14(8-11)18(20)21/h3-8H,1-2H3,(H,17,19). The maximum Gasteiger partial charge on any atom is 0.273 e. The summed E-state index contributed by atoms with van der Waals surface area (Å²) in [6.07, 6.45) is 0. The highest BCUT2D eigenvalue weighted by atomic mass is 19.1. The molecule has 108 valence electrons. The SMILES string of the molecule is Cc1ccc(NC(=O)c2ccc(C)c([N+](=O)[O-])c2)c(F)c1. The number of nitrogens with one attached hydrogen (secondary N) is 1. The van der Waals surface area contributed by atoms with Crippen LogP contribution in [0.2, 0.25) is 0 Å². The van der Waals surface area contributed by atoms with Gasteiger partial charge in [0.1, 0.15) is 5.82 Å². The molecule has 0 atom stereocenters. The molecule has 6 heteroatoms. The van der Waals surface area contributed by atoms with E-state index < -0.39 is 16.6 Å². The van der Waals surface area contributed by atoms with Gasteiger partial charge < -0.3 is 5.32 Å². The smallest absolute Gasteiger partial charge is 0.273 e. The first-order valence-electron chi connectivity index (χ1n) is 6.21. The summed E-state index contributed by atoms with van der Waals surface area (Å²) in [6, 6.07) is 8.54. The van der Waals surface area contributed by atoms with Crippen molar-refractivity contribution in [1.82, 2.24) is 0 Å². The van der Waals surface area contributed by atoms with Gasteiger partial charge in [-0.05, 0) is 37.6 Å². The quantitative estimate of drug-likeness (QED) is 0.692. The minimum absolute atomic E-state index is 0.0360. The second-order valence-corrected chi connectivity index (χ2v) is 4.70. The number of aryl methyl sites for hydroxylation is 2. The molecule has 0 radical (unpaired) electrons. The number of benzene rings is 2. The molecule has 0 aromatic heterocycles. The summed E-state index contributed by atoms with van der Waals surface area (Å²) >= 11 is 0. The molecular formula is C15H13FN2O3. The van der Waals surface area contributed by atoms with Crippen molar-refractivity contribution < 1.29 is 14.1 Å². The van der Waals surface area contributed by atoms with E-state index in [1.165, 1.54) is 30.3 Å². The van der Waals surface area contributed by atoms with Gasteiger partial charge in [-0.2, -0.15) is 0 Å². The van der Waals surface area contributed by atoms with E-state index >= 15 is 0 Å². The Morgan fingerprint density at radius 2 is 1.90 bits per heavy atom. The molecule has 0 aliphatic rings. The first-order chi connectivity index (χ1) is 9.88. The van der Waals surface area contributed by atoms with Crippen LogP contribution in [0.5, 0.6) is 0 Å². The number of nitro groups is 1. The van der Waals surface area contributed by atoms with Crippen LogP contribution in [-0.2, 0) is 0 Å². The number of carbonyl (C=O) groups is 1. The molecule has 0 heterocycles. The fraction of sp³-hybridized carbons (Fsp3) is 0.133. The van der Waals surface area contributed by atoms with E-state index in [2.05, 4.69) is 5.32 Å². The van der Waals surface area contributed by atoms with Crippen molar-refractivity contribution in [1.29, 1.82) is 0 Å². The molecule has 0 spiro atoms. The number of amides is 1. The van der Waals surface area contributed by atoms with Crippen molar-refractivity contribution in [3.63, 3.8) is 0 Å². The molecule has 0 aliphatic carbocycles. The van der Waals surface area contributed by atoms with Crippen LogP contribution in [0.25, 0.3) is 0 Å². The molecule has 2 rings (SSSR count). The molecule has 0 unspecified atom stereocenters. The Morgan fingerprint density at radius 1 is 1.19 bits per heavy atom. The number of nitro benzene ring substituents is 1. The molecule has 1 N–H and O–H groups in total. The minimum atomic E-state index is -0.596. The number of hydrogen-bond acceptors (Lipinski definition) is 3. The molecule has 0 fully saturated rings. The Labute approximate surface area is 120 Å². The molecule has 2 aromatic rings. The largest absolute Gasteiger partial charge is 0.319 e. The monoisotopic (exact) mass is 288 g/mol. The van der Waals surface area contributed by atoms with Crippen LogP contribution in [0.4, 0.5) is 15.8 Å². The summed E-state index contributed by atoms with van der Waals surface area (Å²) in [4.78, 5) is 22.3. The van der Waals surface area contributed by atoms with Gasteiger partial charge in [-0.3, -0.25) is 14.9 Å². The van der Waals surface area contributed by atoms with Crippen molar-refractivity contribution in [3.8, 4) is 0 Å². The van der Waals surface area contributed by atoms with Crippen molar-refractivity contribution in [3.05, 3.63) is 69.0 Å². The lowest BCUT2D eigenvalue weighted by molar-refractivity contribution is -0.385. The molecule has 0 saturated heterocycles. The first kappa shape index (κ1) is 14.6.